The highest BCUT2D eigenvalue weighted by Gasteiger charge is 2.39. The third-order valence-electron chi connectivity index (χ3n) is 5.67. The summed E-state index contributed by atoms with van der Waals surface area (Å²) in [6.07, 6.45) is 18.6. The Balaban J connectivity index is 1.45. The van der Waals surface area contributed by atoms with Gasteiger partial charge in [-0.1, -0.05) is 58.3 Å². The molecule has 2 bridgehead atoms. The van der Waals surface area contributed by atoms with Gasteiger partial charge in [0.05, 0.1) is 0 Å². The van der Waals surface area contributed by atoms with Crippen LogP contribution in [0.1, 0.15) is 90.4 Å². The average molecular weight is 265 g/mol. The van der Waals surface area contributed by atoms with E-state index in [-0.39, 0.29) is 0 Å². The first-order valence-corrected chi connectivity index (χ1v) is 9.05. The molecule has 0 amide bonds. The Bertz CT molecular complexity index is 238. The lowest BCUT2D eigenvalue weighted by Gasteiger charge is -2.24. The van der Waals surface area contributed by atoms with Gasteiger partial charge >= 0.3 is 0 Å². The number of unbranched alkanes of at least 4 members (excludes halogenated alkanes) is 6. The zero-order valence-electron chi connectivity index (χ0n) is 13.1. The summed E-state index contributed by atoms with van der Waals surface area (Å²) in [5, 5.41) is 0. The standard InChI is InChI=1S/C18H35N/c1-2-3-4-5-6-7-8-9-18(19)14-17-13-15-10-11-16(17)12-15/h15-18H,2-14,19H2,1H3. The molecular formula is C18H35N. The minimum atomic E-state index is 0.500. The predicted octanol–water partition coefficient (Wildman–Crippen LogP) is 5.28. The van der Waals surface area contributed by atoms with E-state index < -0.39 is 0 Å². The van der Waals surface area contributed by atoms with Crippen molar-refractivity contribution < 1.29 is 0 Å². The lowest BCUT2D eigenvalue weighted by Crippen LogP contribution is -2.26. The maximum atomic E-state index is 6.35. The maximum absolute atomic E-state index is 6.35. The first-order valence-electron chi connectivity index (χ1n) is 9.05. The van der Waals surface area contributed by atoms with E-state index in [4.69, 9.17) is 5.73 Å². The summed E-state index contributed by atoms with van der Waals surface area (Å²) in [6, 6.07) is 0.500. The quantitative estimate of drug-likeness (QED) is 0.534. The summed E-state index contributed by atoms with van der Waals surface area (Å²) in [4.78, 5) is 0. The number of nitrogens with two attached hydrogens (primary N) is 1. The fraction of sp³-hybridized carbons (Fsp3) is 1.00. The van der Waals surface area contributed by atoms with Gasteiger partial charge in [-0.15, -0.1) is 0 Å². The molecule has 1 heteroatoms. The Hall–Kier alpha value is -0.0400. The van der Waals surface area contributed by atoms with Crippen LogP contribution in [0.3, 0.4) is 0 Å². The molecule has 0 aromatic heterocycles. The van der Waals surface area contributed by atoms with Crippen LogP contribution in [0, 0.1) is 17.8 Å². The van der Waals surface area contributed by atoms with Crippen molar-refractivity contribution in [2.75, 3.05) is 0 Å². The average Bonchev–Trinajstić information content (AvgIpc) is 3.00. The van der Waals surface area contributed by atoms with Gasteiger partial charge in [0.1, 0.15) is 0 Å². The van der Waals surface area contributed by atoms with Gasteiger partial charge in [-0.2, -0.15) is 0 Å². The maximum Gasteiger partial charge on any atom is 0.00415 e. The van der Waals surface area contributed by atoms with Crippen LogP contribution in [0.2, 0.25) is 0 Å². The summed E-state index contributed by atoms with van der Waals surface area (Å²) < 4.78 is 0. The van der Waals surface area contributed by atoms with E-state index in [1.807, 2.05) is 0 Å². The van der Waals surface area contributed by atoms with E-state index in [0.29, 0.717) is 6.04 Å². The van der Waals surface area contributed by atoms with Crippen LogP contribution in [0.5, 0.6) is 0 Å². The molecule has 2 aliphatic rings. The second-order valence-electron chi connectivity index (χ2n) is 7.34. The SMILES string of the molecule is CCCCCCCCCC(N)CC1CC2CCC1C2. The molecule has 2 N–H and O–H groups in total. The van der Waals surface area contributed by atoms with Gasteiger partial charge < -0.3 is 5.73 Å². The summed E-state index contributed by atoms with van der Waals surface area (Å²) in [6.45, 7) is 2.29. The van der Waals surface area contributed by atoms with Gasteiger partial charge in [-0.05, 0) is 49.9 Å². The van der Waals surface area contributed by atoms with Gasteiger partial charge in [0.15, 0.2) is 0 Å². The van der Waals surface area contributed by atoms with Crippen molar-refractivity contribution in [3.05, 3.63) is 0 Å². The molecule has 0 aliphatic heterocycles. The Morgan fingerprint density at radius 3 is 2.32 bits per heavy atom. The molecule has 4 unspecified atom stereocenters. The molecule has 2 aliphatic carbocycles. The van der Waals surface area contributed by atoms with E-state index in [1.165, 1.54) is 83.5 Å². The first-order chi connectivity index (χ1) is 9.29. The van der Waals surface area contributed by atoms with Gasteiger partial charge in [0, 0.05) is 6.04 Å². The van der Waals surface area contributed by atoms with Crippen LogP contribution in [0.4, 0.5) is 0 Å². The van der Waals surface area contributed by atoms with Crippen molar-refractivity contribution in [3.63, 3.8) is 0 Å². The zero-order valence-corrected chi connectivity index (χ0v) is 13.1. The number of hydrogen-bond donors (Lipinski definition) is 1. The van der Waals surface area contributed by atoms with E-state index in [9.17, 15) is 0 Å². The molecule has 0 spiro atoms. The molecule has 0 heterocycles. The van der Waals surface area contributed by atoms with Crippen molar-refractivity contribution in [1.29, 1.82) is 0 Å². The molecule has 19 heavy (non-hydrogen) atoms. The Morgan fingerprint density at radius 2 is 1.68 bits per heavy atom. The van der Waals surface area contributed by atoms with Gasteiger partial charge in [0.2, 0.25) is 0 Å². The van der Waals surface area contributed by atoms with E-state index in [2.05, 4.69) is 6.92 Å². The smallest absolute Gasteiger partial charge is 0.00415 e. The highest BCUT2D eigenvalue weighted by molar-refractivity contribution is 4.91. The minimum absolute atomic E-state index is 0.500. The number of hydrogen-bond acceptors (Lipinski definition) is 1. The highest BCUT2D eigenvalue weighted by Crippen LogP contribution is 2.49. The van der Waals surface area contributed by atoms with Crippen LogP contribution in [-0.4, -0.2) is 6.04 Å². The van der Waals surface area contributed by atoms with E-state index >= 15 is 0 Å². The Morgan fingerprint density at radius 1 is 0.947 bits per heavy atom. The molecule has 112 valence electrons. The van der Waals surface area contributed by atoms with Crippen molar-refractivity contribution >= 4 is 0 Å². The summed E-state index contributed by atoms with van der Waals surface area (Å²) in [7, 11) is 0. The molecule has 4 atom stereocenters. The molecule has 2 rings (SSSR count). The van der Waals surface area contributed by atoms with Crippen LogP contribution >= 0.6 is 0 Å². The highest BCUT2D eigenvalue weighted by atomic mass is 14.6. The fourth-order valence-electron chi connectivity index (χ4n) is 4.54. The summed E-state index contributed by atoms with van der Waals surface area (Å²) in [5.74, 6) is 3.14. The fourth-order valence-corrected chi connectivity index (χ4v) is 4.54. The van der Waals surface area contributed by atoms with Gasteiger partial charge in [0.25, 0.3) is 0 Å². The largest absolute Gasteiger partial charge is 0.328 e. The molecule has 2 fully saturated rings. The van der Waals surface area contributed by atoms with Crippen molar-refractivity contribution in [2.24, 2.45) is 23.5 Å². The third kappa shape index (κ3) is 5.10. The number of rotatable bonds is 10. The molecule has 1 nitrogen and oxygen atoms in total. The van der Waals surface area contributed by atoms with Crippen LogP contribution in [0.15, 0.2) is 0 Å². The van der Waals surface area contributed by atoms with E-state index in [1.54, 1.807) is 0 Å². The molecule has 0 aromatic carbocycles. The lowest BCUT2D eigenvalue weighted by atomic mass is 9.83. The molecule has 2 saturated carbocycles. The molecular weight excluding hydrogens is 230 g/mol. The predicted molar refractivity (Wildman–Crippen MR) is 84.1 cm³/mol. The minimum Gasteiger partial charge on any atom is -0.328 e. The van der Waals surface area contributed by atoms with Crippen molar-refractivity contribution in [2.45, 2.75) is 96.4 Å². The number of fused-ring (bicyclic) bond motifs is 2. The Kier molecular flexibility index (Phi) is 6.70. The summed E-state index contributed by atoms with van der Waals surface area (Å²) >= 11 is 0. The monoisotopic (exact) mass is 265 g/mol. The second-order valence-corrected chi connectivity index (χ2v) is 7.34. The van der Waals surface area contributed by atoms with Crippen LogP contribution in [-0.2, 0) is 0 Å². The van der Waals surface area contributed by atoms with Gasteiger partial charge in [-0.3, -0.25) is 0 Å². The lowest BCUT2D eigenvalue weighted by molar-refractivity contribution is 0.288. The third-order valence-corrected chi connectivity index (χ3v) is 5.67. The van der Waals surface area contributed by atoms with Crippen molar-refractivity contribution in [3.8, 4) is 0 Å². The molecule has 0 aromatic rings. The zero-order chi connectivity index (χ0) is 13.5. The van der Waals surface area contributed by atoms with Gasteiger partial charge in [-0.25, -0.2) is 0 Å². The second kappa shape index (κ2) is 8.29. The van der Waals surface area contributed by atoms with Crippen molar-refractivity contribution in [1.82, 2.24) is 0 Å². The normalized spacial score (nSPS) is 30.9. The Labute approximate surface area is 120 Å². The molecule has 0 radical (unpaired) electrons. The van der Waals surface area contributed by atoms with E-state index in [0.717, 1.165) is 17.8 Å². The topological polar surface area (TPSA) is 26.0 Å². The summed E-state index contributed by atoms with van der Waals surface area (Å²) in [5.41, 5.74) is 6.35. The van der Waals surface area contributed by atoms with Crippen LogP contribution < -0.4 is 5.73 Å². The molecule has 0 saturated heterocycles. The van der Waals surface area contributed by atoms with Crippen LogP contribution in [0.25, 0.3) is 0 Å². The first kappa shape index (κ1) is 15.4.